The van der Waals surface area contributed by atoms with E-state index in [4.69, 9.17) is 4.74 Å². The van der Waals surface area contributed by atoms with Gasteiger partial charge in [0.15, 0.2) is 0 Å². The van der Waals surface area contributed by atoms with Crippen LogP contribution in [0.1, 0.15) is 11.1 Å². The minimum atomic E-state index is -0.448. The van der Waals surface area contributed by atoms with Crippen molar-refractivity contribution >= 4 is 15.9 Å². The number of ether oxygens (including phenoxy) is 1. The maximum atomic E-state index is 11.9. The number of benzene rings is 1. The highest BCUT2D eigenvalue weighted by molar-refractivity contribution is 9.08. The molecule has 0 spiro atoms. The summed E-state index contributed by atoms with van der Waals surface area (Å²) in [5.74, 6) is 0.803. The van der Waals surface area contributed by atoms with E-state index >= 15 is 0 Å². The largest absolute Gasteiger partial charge is 0.490 e. The average Bonchev–Trinajstić information content (AvgIpc) is 2.15. The van der Waals surface area contributed by atoms with E-state index in [9.17, 15) is 4.39 Å². The fraction of sp³-hybridized carbons (Fsp3) is 0.400. The van der Waals surface area contributed by atoms with Crippen LogP contribution in [0.2, 0.25) is 0 Å². The van der Waals surface area contributed by atoms with E-state index in [1.54, 1.807) is 0 Å². The molecule has 1 aromatic rings. The monoisotopic (exact) mass is 246 g/mol. The molecule has 0 unspecified atom stereocenters. The lowest BCUT2D eigenvalue weighted by molar-refractivity contribution is 0.270. The highest BCUT2D eigenvalue weighted by atomic mass is 79.9. The van der Waals surface area contributed by atoms with Gasteiger partial charge in [0.1, 0.15) is 19.0 Å². The van der Waals surface area contributed by atoms with Gasteiger partial charge in [0.25, 0.3) is 0 Å². The molecular formula is C10H12BrFO. The molecule has 0 aromatic heterocycles. The summed E-state index contributed by atoms with van der Waals surface area (Å²) in [7, 11) is 0. The zero-order valence-electron chi connectivity index (χ0n) is 7.52. The Hall–Kier alpha value is -0.570. The van der Waals surface area contributed by atoms with Crippen molar-refractivity contribution in [3.63, 3.8) is 0 Å². The Morgan fingerprint density at radius 2 is 2.23 bits per heavy atom. The SMILES string of the molecule is Cc1cccc(CBr)c1OCCF. The molecule has 13 heavy (non-hydrogen) atoms. The molecule has 0 aliphatic carbocycles. The Morgan fingerprint density at radius 1 is 1.46 bits per heavy atom. The summed E-state index contributed by atoms with van der Waals surface area (Å²) in [6.07, 6.45) is 0. The van der Waals surface area contributed by atoms with E-state index in [1.807, 2.05) is 25.1 Å². The Morgan fingerprint density at radius 3 is 2.85 bits per heavy atom. The van der Waals surface area contributed by atoms with Crippen LogP contribution < -0.4 is 4.74 Å². The predicted octanol–water partition coefficient (Wildman–Crippen LogP) is 3.24. The van der Waals surface area contributed by atoms with E-state index in [2.05, 4.69) is 15.9 Å². The quantitative estimate of drug-likeness (QED) is 0.742. The highest BCUT2D eigenvalue weighted by Gasteiger charge is 2.04. The summed E-state index contributed by atoms with van der Waals surface area (Å²) in [5, 5.41) is 0.732. The van der Waals surface area contributed by atoms with Crippen LogP contribution in [0.3, 0.4) is 0 Å². The Balaban J connectivity index is 2.87. The van der Waals surface area contributed by atoms with Crippen molar-refractivity contribution < 1.29 is 9.13 Å². The molecule has 1 nitrogen and oxygen atoms in total. The minimum Gasteiger partial charge on any atom is -0.490 e. The molecule has 1 rings (SSSR count). The van der Waals surface area contributed by atoms with Crippen molar-refractivity contribution in [3.05, 3.63) is 29.3 Å². The van der Waals surface area contributed by atoms with Crippen LogP contribution in [0, 0.1) is 6.92 Å². The minimum absolute atomic E-state index is 0.130. The van der Waals surface area contributed by atoms with Crippen molar-refractivity contribution in [2.24, 2.45) is 0 Å². The average molecular weight is 247 g/mol. The summed E-state index contributed by atoms with van der Waals surface area (Å²) in [6.45, 7) is 1.64. The molecule has 0 saturated carbocycles. The van der Waals surface area contributed by atoms with Crippen LogP contribution in [0.4, 0.5) is 4.39 Å². The summed E-state index contributed by atoms with van der Waals surface area (Å²) >= 11 is 3.36. The normalized spacial score (nSPS) is 10.1. The number of alkyl halides is 2. The first-order chi connectivity index (χ1) is 6.29. The van der Waals surface area contributed by atoms with Gasteiger partial charge in [-0.25, -0.2) is 4.39 Å². The first kappa shape index (κ1) is 10.5. The van der Waals surface area contributed by atoms with Gasteiger partial charge in [-0.1, -0.05) is 34.1 Å². The zero-order valence-corrected chi connectivity index (χ0v) is 9.10. The molecule has 0 heterocycles. The topological polar surface area (TPSA) is 9.23 Å². The van der Waals surface area contributed by atoms with Gasteiger partial charge in [0.05, 0.1) is 0 Å². The lowest BCUT2D eigenvalue weighted by Gasteiger charge is -2.10. The molecule has 0 bridgehead atoms. The van der Waals surface area contributed by atoms with Crippen LogP contribution in [-0.2, 0) is 5.33 Å². The molecular weight excluding hydrogens is 235 g/mol. The second kappa shape index (κ2) is 5.22. The second-order valence-electron chi connectivity index (χ2n) is 2.73. The van der Waals surface area contributed by atoms with Gasteiger partial charge >= 0.3 is 0 Å². The van der Waals surface area contributed by atoms with E-state index in [-0.39, 0.29) is 6.61 Å². The number of hydrogen-bond acceptors (Lipinski definition) is 1. The van der Waals surface area contributed by atoms with Crippen molar-refractivity contribution in [1.82, 2.24) is 0 Å². The van der Waals surface area contributed by atoms with E-state index in [0.29, 0.717) is 0 Å². The van der Waals surface area contributed by atoms with Gasteiger partial charge in [-0.15, -0.1) is 0 Å². The number of aryl methyl sites for hydroxylation is 1. The van der Waals surface area contributed by atoms with Crippen LogP contribution in [0.5, 0.6) is 5.75 Å². The van der Waals surface area contributed by atoms with Gasteiger partial charge in [0, 0.05) is 10.9 Å². The highest BCUT2D eigenvalue weighted by Crippen LogP contribution is 2.25. The van der Waals surface area contributed by atoms with Crippen LogP contribution in [0.15, 0.2) is 18.2 Å². The molecule has 3 heteroatoms. The molecule has 0 aliphatic heterocycles. The smallest absolute Gasteiger partial charge is 0.126 e. The standard InChI is InChI=1S/C10H12BrFO/c1-8-3-2-4-9(7-11)10(8)13-6-5-12/h2-4H,5-7H2,1H3. The summed E-state index contributed by atoms with van der Waals surface area (Å²) < 4.78 is 17.2. The predicted molar refractivity (Wildman–Crippen MR) is 55.3 cm³/mol. The molecule has 0 aliphatic rings. The van der Waals surface area contributed by atoms with Crippen LogP contribution >= 0.6 is 15.9 Å². The Bertz CT molecular complexity index is 276. The maximum absolute atomic E-state index is 11.9. The number of rotatable bonds is 4. The second-order valence-corrected chi connectivity index (χ2v) is 3.29. The Labute approximate surface area is 86.0 Å². The number of hydrogen-bond donors (Lipinski definition) is 0. The third kappa shape index (κ3) is 2.69. The van der Waals surface area contributed by atoms with Gasteiger partial charge in [0.2, 0.25) is 0 Å². The molecule has 1 aromatic carbocycles. The number of para-hydroxylation sites is 1. The third-order valence-electron chi connectivity index (χ3n) is 1.76. The summed E-state index contributed by atoms with van der Waals surface area (Å²) in [5.41, 5.74) is 2.11. The first-order valence-corrected chi connectivity index (χ1v) is 5.25. The van der Waals surface area contributed by atoms with E-state index in [0.717, 1.165) is 22.2 Å². The molecule has 0 atom stereocenters. The van der Waals surface area contributed by atoms with Crippen molar-refractivity contribution in [2.45, 2.75) is 12.3 Å². The third-order valence-corrected chi connectivity index (χ3v) is 2.37. The van der Waals surface area contributed by atoms with Gasteiger partial charge in [-0.05, 0) is 12.5 Å². The first-order valence-electron chi connectivity index (χ1n) is 4.12. The van der Waals surface area contributed by atoms with Gasteiger partial charge < -0.3 is 4.74 Å². The maximum Gasteiger partial charge on any atom is 0.126 e. The van der Waals surface area contributed by atoms with Crippen molar-refractivity contribution in [3.8, 4) is 5.75 Å². The summed E-state index contributed by atoms with van der Waals surface area (Å²) in [4.78, 5) is 0. The van der Waals surface area contributed by atoms with Gasteiger partial charge in [-0.2, -0.15) is 0 Å². The fourth-order valence-corrected chi connectivity index (χ4v) is 1.61. The van der Waals surface area contributed by atoms with E-state index < -0.39 is 6.67 Å². The molecule has 0 fully saturated rings. The molecule has 72 valence electrons. The van der Waals surface area contributed by atoms with Gasteiger partial charge in [-0.3, -0.25) is 0 Å². The fourth-order valence-electron chi connectivity index (χ4n) is 1.17. The van der Waals surface area contributed by atoms with Crippen LogP contribution in [0.25, 0.3) is 0 Å². The molecule has 0 amide bonds. The van der Waals surface area contributed by atoms with Crippen molar-refractivity contribution in [1.29, 1.82) is 0 Å². The molecule has 0 saturated heterocycles. The zero-order chi connectivity index (χ0) is 9.68. The van der Waals surface area contributed by atoms with Crippen LogP contribution in [-0.4, -0.2) is 13.3 Å². The molecule has 0 radical (unpaired) electrons. The lowest BCUT2D eigenvalue weighted by atomic mass is 10.1. The molecule has 0 N–H and O–H groups in total. The number of halogens is 2. The lowest BCUT2D eigenvalue weighted by Crippen LogP contribution is -2.02. The van der Waals surface area contributed by atoms with E-state index in [1.165, 1.54) is 0 Å². The summed E-state index contributed by atoms with van der Waals surface area (Å²) in [6, 6.07) is 5.89. The van der Waals surface area contributed by atoms with Crippen molar-refractivity contribution in [2.75, 3.05) is 13.3 Å². The Kier molecular flexibility index (Phi) is 4.22.